The minimum atomic E-state index is -1.03. The summed E-state index contributed by atoms with van der Waals surface area (Å²) in [5.74, 6) is 0. The third kappa shape index (κ3) is 4.15. The predicted octanol–water partition coefficient (Wildman–Crippen LogP) is 5.60. The molecule has 1 aromatic rings. The maximum atomic E-state index is 11.3. The summed E-state index contributed by atoms with van der Waals surface area (Å²) in [6, 6.07) is 5.05. The summed E-state index contributed by atoms with van der Waals surface area (Å²) < 4.78 is 0. The lowest BCUT2D eigenvalue weighted by molar-refractivity contribution is -0.110. The van der Waals surface area contributed by atoms with Crippen LogP contribution in [-0.4, -0.2) is 6.29 Å². The molecule has 0 N–H and O–H groups in total. The Kier molecular flexibility index (Phi) is 6.48. The maximum Gasteiger partial charge on any atom is 0.145 e. The maximum absolute atomic E-state index is 11.3. The number of hydrogen-bond donors (Lipinski definition) is 0. The van der Waals surface area contributed by atoms with Gasteiger partial charge in [0.05, 0.1) is 0 Å². The second-order valence-electron chi connectivity index (χ2n) is 4.42. The Morgan fingerprint density at radius 1 is 1.22 bits per heavy atom. The van der Waals surface area contributed by atoms with E-state index in [9.17, 15) is 4.79 Å². The monoisotopic (exact) mass is 306 g/mol. The predicted molar refractivity (Wildman–Crippen MR) is 78.8 cm³/mol. The first kappa shape index (κ1) is 15.8. The van der Waals surface area contributed by atoms with Gasteiger partial charge in [0.2, 0.25) is 0 Å². The van der Waals surface area contributed by atoms with Crippen LogP contribution in [0.3, 0.4) is 0 Å². The molecule has 4 heteroatoms. The van der Waals surface area contributed by atoms with E-state index in [2.05, 4.69) is 6.92 Å². The second kappa shape index (κ2) is 7.37. The molecule has 0 saturated heterocycles. The fourth-order valence-corrected chi connectivity index (χ4v) is 2.82. The van der Waals surface area contributed by atoms with Gasteiger partial charge in [-0.1, -0.05) is 61.9 Å². The molecule has 18 heavy (non-hydrogen) atoms. The van der Waals surface area contributed by atoms with Crippen molar-refractivity contribution in [2.45, 2.75) is 43.9 Å². The summed E-state index contributed by atoms with van der Waals surface area (Å²) in [6.07, 6.45) is 5.66. The average Bonchev–Trinajstić information content (AvgIpc) is 2.34. The van der Waals surface area contributed by atoms with E-state index in [-0.39, 0.29) is 0 Å². The van der Waals surface area contributed by atoms with E-state index < -0.39 is 4.87 Å². The molecule has 1 unspecified atom stereocenters. The first-order valence-corrected chi connectivity index (χ1v) is 7.27. The van der Waals surface area contributed by atoms with Gasteiger partial charge in [-0.2, -0.15) is 0 Å². The molecule has 0 aliphatic carbocycles. The highest BCUT2D eigenvalue weighted by molar-refractivity contribution is 6.38. The van der Waals surface area contributed by atoms with E-state index in [1.165, 1.54) is 0 Å². The number of benzene rings is 1. The number of carbonyl (C=O) groups is 1. The molecular formula is C14H17Cl3O. The van der Waals surface area contributed by atoms with Crippen molar-refractivity contribution < 1.29 is 4.79 Å². The zero-order valence-electron chi connectivity index (χ0n) is 10.4. The summed E-state index contributed by atoms with van der Waals surface area (Å²) in [7, 11) is 0. The van der Waals surface area contributed by atoms with Gasteiger partial charge >= 0.3 is 0 Å². The summed E-state index contributed by atoms with van der Waals surface area (Å²) in [4.78, 5) is 10.3. The summed E-state index contributed by atoms with van der Waals surface area (Å²) in [5, 5.41) is 0.986. The Hall–Kier alpha value is -0.240. The molecule has 0 saturated carbocycles. The van der Waals surface area contributed by atoms with Gasteiger partial charge < -0.3 is 4.79 Å². The summed E-state index contributed by atoms with van der Waals surface area (Å²) in [5.41, 5.74) is 0.640. The largest absolute Gasteiger partial charge is 0.301 e. The van der Waals surface area contributed by atoms with Gasteiger partial charge in [0, 0.05) is 10.0 Å². The molecule has 0 aliphatic rings. The van der Waals surface area contributed by atoms with E-state index in [1.807, 2.05) is 0 Å². The Morgan fingerprint density at radius 2 is 1.94 bits per heavy atom. The first-order valence-electron chi connectivity index (χ1n) is 6.14. The third-order valence-electron chi connectivity index (χ3n) is 2.96. The van der Waals surface area contributed by atoms with Crippen molar-refractivity contribution in [3.8, 4) is 0 Å². The molecule has 0 spiro atoms. The fourth-order valence-electron chi connectivity index (χ4n) is 1.89. The molecule has 0 aliphatic heterocycles. The van der Waals surface area contributed by atoms with Crippen LogP contribution in [0.4, 0.5) is 0 Å². The quantitative estimate of drug-likeness (QED) is 0.364. The lowest BCUT2D eigenvalue weighted by Gasteiger charge is -2.22. The van der Waals surface area contributed by atoms with Crippen LogP contribution >= 0.6 is 34.8 Å². The molecule has 0 heterocycles. The zero-order chi connectivity index (χ0) is 13.6. The average molecular weight is 308 g/mol. The van der Waals surface area contributed by atoms with Crippen molar-refractivity contribution in [2.75, 3.05) is 0 Å². The number of rotatable bonds is 7. The van der Waals surface area contributed by atoms with E-state index >= 15 is 0 Å². The Bertz CT molecular complexity index is 406. The minimum Gasteiger partial charge on any atom is -0.301 e. The molecule has 0 radical (unpaired) electrons. The number of carbonyl (C=O) groups excluding carboxylic acids is 1. The van der Waals surface area contributed by atoms with Crippen molar-refractivity contribution in [3.05, 3.63) is 33.8 Å². The summed E-state index contributed by atoms with van der Waals surface area (Å²) in [6.45, 7) is 2.14. The smallest absolute Gasteiger partial charge is 0.145 e. The van der Waals surface area contributed by atoms with E-state index in [1.54, 1.807) is 18.2 Å². The number of aldehydes is 1. The van der Waals surface area contributed by atoms with Crippen molar-refractivity contribution >= 4 is 41.1 Å². The molecule has 0 fully saturated rings. The van der Waals surface area contributed by atoms with Crippen LogP contribution in [0.5, 0.6) is 0 Å². The van der Waals surface area contributed by atoms with Crippen LogP contribution in [0.25, 0.3) is 0 Å². The van der Waals surface area contributed by atoms with Crippen molar-refractivity contribution in [1.82, 2.24) is 0 Å². The molecule has 1 rings (SSSR count). The van der Waals surface area contributed by atoms with Crippen LogP contribution in [-0.2, 0) is 9.67 Å². The van der Waals surface area contributed by atoms with E-state index in [0.717, 1.165) is 32.0 Å². The third-order valence-corrected chi connectivity index (χ3v) is 3.99. The fraction of sp³-hybridized carbons (Fsp3) is 0.500. The van der Waals surface area contributed by atoms with Crippen LogP contribution in [0.1, 0.15) is 44.6 Å². The van der Waals surface area contributed by atoms with E-state index in [4.69, 9.17) is 34.8 Å². The summed E-state index contributed by atoms with van der Waals surface area (Å²) >= 11 is 18.3. The molecule has 0 bridgehead atoms. The SMILES string of the molecule is CCCCCCC(Cl)(C=O)c1ccc(Cl)cc1Cl. The highest BCUT2D eigenvalue weighted by Crippen LogP contribution is 2.38. The molecule has 100 valence electrons. The lowest BCUT2D eigenvalue weighted by Crippen LogP contribution is -2.21. The van der Waals surface area contributed by atoms with Crippen LogP contribution in [0, 0.1) is 0 Å². The Balaban J connectivity index is 2.82. The first-order chi connectivity index (χ1) is 8.53. The van der Waals surface area contributed by atoms with Gasteiger partial charge in [-0.15, -0.1) is 11.6 Å². The zero-order valence-corrected chi connectivity index (χ0v) is 12.7. The number of hydrogen-bond acceptors (Lipinski definition) is 1. The van der Waals surface area contributed by atoms with E-state index in [0.29, 0.717) is 22.0 Å². The highest BCUT2D eigenvalue weighted by Gasteiger charge is 2.30. The molecule has 1 atom stereocenters. The van der Waals surface area contributed by atoms with Gasteiger partial charge in [0.1, 0.15) is 11.2 Å². The van der Waals surface area contributed by atoms with Gasteiger partial charge in [-0.05, 0) is 24.1 Å². The number of unbranched alkanes of at least 4 members (excludes halogenated alkanes) is 3. The van der Waals surface area contributed by atoms with Gasteiger partial charge in [0.25, 0.3) is 0 Å². The van der Waals surface area contributed by atoms with Gasteiger partial charge in [0.15, 0.2) is 0 Å². The molecule has 0 aromatic heterocycles. The Morgan fingerprint density at radius 3 is 2.50 bits per heavy atom. The minimum absolute atomic E-state index is 0.445. The second-order valence-corrected chi connectivity index (χ2v) is 5.93. The molecule has 0 amide bonds. The van der Waals surface area contributed by atoms with Crippen molar-refractivity contribution in [2.24, 2.45) is 0 Å². The standard InChI is InChI=1S/C14H17Cl3O/c1-2-3-4-5-8-14(17,10-18)12-7-6-11(15)9-13(12)16/h6-7,9-10H,2-5,8H2,1H3. The van der Waals surface area contributed by atoms with Crippen LogP contribution in [0.15, 0.2) is 18.2 Å². The van der Waals surface area contributed by atoms with Crippen molar-refractivity contribution in [3.63, 3.8) is 0 Å². The Labute approximate surface area is 123 Å². The molecule has 1 aromatic carbocycles. The normalized spacial score (nSPS) is 14.2. The van der Waals surface area contributed by atoms with Crippen molar-refractivity contribution in [1.29, 1.82) is 0 Å². The van der Waals surface area contributed by atoms with Gasteiger partial charge in [-0.25, -0.2) is 0 Å². The molecular weight excluding hydrogens is 291 g/mol. The number of halogens is 3. The van der Waals surface area contributed by atoms with Crippen LogP contribution < -0.4 is 0 Å². The topological polar surface area (TPSA) is 17.1 Å². The highest BCUT2D eigenvalue weighted by atomic mass is 35.5. The van der Waals surface area contributed by atoms with Gasteiger partial charge in [-0.3, -0.25) is 0 Å². The van der Waals surface area contributed by atoms with Crippen LogP contribution in [0.2, 0.25) is 10.0 Å². The molecule has 1 nitrogen and oxygen atoms in total. The number of alkyl halides is 1. The lowest BCUT2D eigenvalue weighted by atomic mass is 9.93.